The third kappa shape index (κ3) is 4.95. The molecular formula is C19H25NO3. The van der Waals surface area contributed by atoms with Crippen LogP contribution in [0.5, 0.6) is 0 Å². The molecule has 0 bridgehead atoms. The van der Waals surface area contributed by atoms with Crippen molar-refractivity contribution >= 4 is 18.0 Å². The lowest BCUT2D eigenvalue weighted by atomic mass is 10.1. The Balaban J connectivity index is 1.95. The van der Waals surface area contributed by atoms with Gasteiger partial charge in [0.25, 0.3) is 0 Å². The van der Waals surface area contributed by atoms with E-state index >= 15 is 0 Å². The maximum atomic E-state index is 12.3. The summed E-state index contributed by atoms with van der Waals surface area (Å²) in [6.45, 7) is 0. The van der Waals surface area contributed by atoms with Crippen molar-refractivity contribution in [2.75, 3.05) is 14.2 Å². The third-order valence-corrected chi connectivity index (χ3v) is 4.47. The fourth-order valence-electron chi connectivity index (χ4n) is 2.96. The van der Waals surface area contributed by atoms with Crippen LogP contribution in [0.4, 0.5) is 0 Å². The Labute approximate surface area is 138 Å². The molecule has 4 heteroatoms. The van der Waals surface area contributed by atoms with Crippen LogP contribution in [0.25, 0.3) is 6.08 Å². The average molecular weight is 315 g/mol. The number of carbonyl (C=O) groups excluding carboxylic acids is 2. The van der Waals surface area contributed by atoms with Gasteiger partial charge in [0.15, 0.2) is 0 Å². The Morgan fingerprint density at radius 3 is 2.26 bits per heavy atom. The second kappa shape index (κ2) is 8.51. The molecule has 0 spiro atoms. The highest BCUT2D eigenvalue weighted by Gasteiger charge is 2.19. The Morgan fingerprint density at radius 2 is 1.70 bits per heavy atom. The summed E-state index contributed by atoms with van der Waals surface area (Å²) in [6.07, 6.45) is 10.6. The second-order valence-electron chi connectivity index (χ2n) is 6.04. The monoisotopic (exact) mass is 315 g/mol. The van der Waals surface area contributed by atoms with Gasteiger partial charge in [-0.25, -0.2) is 4.79 Å². The Bertz CT molecular complexity index is 554. The molecule has 0 atom stereocenters. The van der Waals surface area contributed by atoms with E-state index in [1.54, 1.807) is 24.3 Å². The smallest absolute Gasteiger partial charge is 0.337 e. The third-order valence-electron chi connectivity index (χ3n) is 4.47. The standard InChI is InChI=1S/C19H25NO3/c1-20(17-7-5-3-4-6-8-17)18(21)14-11-15-9-12-16(13-10-15)19(22)23-2/h9-14,17H,3-8H2,1-2H3/b14-11+. The Kier molecular flexibility index (Phi) is 6.39. The lowest BCUT2D eigenvalue weighted by molar-refractivity contribution is -0.126. The summed E-state index contributed by atoms with van der Waals surface area (Å²) in [5, 5.41) is 0. The summed E-state index contributed by atoms with van der Waals surface area (Å²) in [5.74, 6) is -0.321. The summed E-state index contributed by atoms with van der Waals surface area (Å²) in [6, 6.07) is 7.37. The lowest BCUT2D eigenvalue weighted by Gasteiger charge is -2.26. The van der Waals surface area contributed by atoms with E-state index in [1.165, 1.54) is 32.8 Å². The molecule has 0 saturated heterocycles. The molecule has 4 nitrogen and oxygen atoms in total. The highest BCUT2D eigenvalue weighted by molar-refractivity contribution is 5.92. The van der Waals surface area contributed by atoms with Crippen LogP contribution >= 0.6 is 0 Å². The van der Waals surface area contributed by atoms with Gasteiger partial charge in [-0.3, -0.25) is 4.79 Å². The molecule has 1 saturated carbocycles. The molecule has 2 rings (SSSR count). The molecule has 23 heavy (non-hydrogen) atoms. The first-order valence-electron chi connectivity index (χ1n) is 8.25. The average Bonchev–Trinajstić information content (AvgIpc) is 2.88. The van der Waals surface area contributed by atoms with Gasteiger partial charge >= 0.3 is 5.97 Å². The normalized spacial score (nSPS) is 16.1. The Hall–Kier alpha value is -2.10. The molecule has 0 heterocycles. The molecule has 0 aromatic heterocycles. The number of hydrogen-bond donors (Lipinski definition) is 0. The van der Waals surface area contributed by atoms with Gasteiger partial charge < -0.3 is 9.64 Å². The molecule has 1 aliphatic rings. The first-order chi connectivity index (χ1) is 11.1. The number of hydrogen-bond acceptors (Lipinski definition) is 3. The minimum absolute atomic E-state index is 0.0361. The van der Waals surface area contributed by atoms with Crippen molar-refractivity contribution in [2.45, 2.75) is 44.6 Å². The van der Waals surface area contributed by atoms with E-state index < -0.39 is 0 Å². The van der Waals surface area contributed by atoms with Crippen molar-refractivity contribution in [1.82, 2.24) is 4.90 Å². The molecule has 0 radical (unpaired) electrons. The number of nitrogens with zero attached hydrogens (tertiary/aromatic N) is 1. The zero-order valence-electron chi connectivity index (χ0n) is 14.0. The van der Waals surface area contributed by atoms with E-state index in [0.717, 1.165) is 18.4 Å². The number of carbonyl (C=O) groups is 2. The van der Waals surface area contributed by atoms with Crippen LogP contribution in [0.3, 0.4) is 0 Å². The minimum atomic E-state index is -0.357. The van der Waals surface area contributed by atoms with Crippen LogP contribution in [0.1, 0.15) is 54.4 Å². The number of methoxy groups -OCH3 is 1. The maximum absolute atomic E-state index is 12.3. The van der Waals surface area contributed by atoms with Crippen molar-refractivity contribution in [3.05, 3.63) is 41.5 Å². The second-order valence-corrected chi connectivity index (χ2v) is 6.04. The fourth-order valence-corrected chi connectivity index (χ4v) is 2.96. The van der Waals surface area contributed by atoms with Gasteiger partial charge in [0.1, 0.15) is 0 Å². The SMILES string of the molecule is COC(=O)c1ccc(/C=C/C(=O)N(C)C2CCCCCC2)cc1. The lowest BCUT2D eigenvalue weighted by Crippen LogP contribution is -2.35. The number of benzene rings is 1. The van der Waals surface area contributed by atoms with Gasteiger partial charge in [0.05, 0.1) is 12.7 Å². The zero-order chi connectivity index (χ0) is 16.7. The summed E-state index contributed by atoms with van der Waals surface area (Å²) in [5.41, 5.74) is 1.40. The van der Waals surface area contributed by atoms with E-state index in [2.05, 4.69) is 4.74 Å². The van der Waals surface area contributed by atoms with Crippen LogP contribution in [-0.4, -0.2) is 37.0 Å². The van der Waals surface area contributed by atoms with E-state index in [9.17, 15) is 9.59 Å². The van der Waals surface area contributed by atoms with E-state index in [0.29, 0.717) is 11.6 Å². The van der Waals surface area contributed by atoms with Gasteiger partial charge in [0.2, 0.25) is 5.91 Å². The fraction of sp³-hybridized carbons (Fsp3) is 0.474. The zero-order valence-corrected chi connectivity index (χ0v) is 14.0. The van der Waals surface area contributed by atoms with Crippen LogP contribution in [0.2, 0.25) is 0 Å². The number of amides is 1. The van der Waals surface area contributed by atoms with Crippen LogP contribution < -0.4 is 0 Å². The molecule has 0 unspecified atom stereocenters. The summed E-state index contributed by atoms with van der Waals surface area (Å²) in [4.78, 5) is 25.6. The van der Waals surface area contributed by atoms with Crippen LogP contribution in [-0.2, 0) is 9.53 Å². The minimum Gasteiger partial charge on any atom is -0.465 e. The molecule has 1 aliphatic carbocycles. The quantitative estimate of drug-likeness (QED) is 0.484. The molecule has 1 aromatic rings. The summed E-state index contributed by atoms with van der Waals surface area (Å²) < 4.78 is 4.67. The van der Waals surface area contributed by atoms with Gasteiger partial charge in [-0.2, -0.15) is 0 Å². The van der Waals surface area contributed by atoms with Gasteiger partial charge in [-0.1, -0.05) is 37.8 Å². The van der Waals surface area contributed by atoms with Crippen molar-refractivity contribution in [2.24, 2.45) is 0 Å². The van der Waals surface area contributed by atoms with Crippen molar-refractivity contribution in [3.63, 3.8) is 0 Å². The molecule has 0 N–H and O–H groups in total. The molecule has 1 fully saturated rings. The summed E-state index contributed by atoms with van der Waals surface area (Å²) >= 11 is 0. The van der Waals surface area contributed by atoms with Crippen molar-refractivity contribution in [3.8, 4) is 0 Å². The van der Waals surface area contributed by atoms with Gasteiger partial charge in [0, 0.05) is 19.2 Å². The molecule has 1 aromatic carbocycles. The highest BCUT2D eigenvalue weighted by Crippen LogP contribution is 2.21. The topological polar surface area (TPSA) is 46.6 Å². The van der Waals surface area contributed by atoms with E-state index in [-0.39, 0.29) is 11.9 Å². The molecule has 1 amide bonds. The Morgan fingerprint density at radius 1 is 1.09 bits per heavy atom. The number of esters is 1. The van der Waals surface area contributed by atoms with Crippen molar-refractivity contribution in [1.29, 1.82) is 0 Å². The number of ether oxygens (including phenoxy) is 1. The molecule has 0 aliphatic heterocycles. The predicted molar refractivity (Wildman–Crippen MR) is 91.1 cm³/mol. The number of likely N-dealkylation sites (N-methyl/N-ethyl adjacent to an activating group) is 1. The van der Waals surface area contributed by atoms with Crippen LogP contribution in [0, 0.1) is 0 Å². The van der Waals surface area contributed by atoms with Crippen LogP contribution in [0.15, 0.2) is 30.3 Å². The van der Waals surface area contributed by atoms with Gasteiger partial charge in [-0.15, -0.1) is 0 Å². The first kappa shape index (κ1) is 17.3. The molecule has 124 valence electrons. The summed E-state index contributed by atoms with van der Waals surface area (Å²) in [7, 11) is 3.25. The number of rotatable bonds is 4. The van der Waals surface area contributed by atoms with Crippen molar-refractivity contribution < 1.29 is 14.3 Å². The van der Waals surface area contributed by atoms with E-state index in [4.69, 9.17) is 0 Å². The van der Waals surface area contributed by atoms with E-state index in [1.807, 2.05) is 24.1 Å². The maximum Gasteiger partial charge on any atom is 0.337 e. The predicted octanol–water partition coefficient (Wildman–Crippen LogP) is 3.67. The van der Waals surface area contributed by atoms with Gasteiger partial charge in [-0.05, 0) is 36.6 Å². The highest BCUT2D eigenvalue weighted by atomic mass is 16.5. The largest absolute Gasteiger partial charge is 0.465 e. The molecular weight excluding hydrogens is 290 g/mol. The first-order valence-corrected chi connectivity index (χ1v) is 8.25.